The summed E-state index contributed by atoms with van der Waals surface area (Å²) >= 11 is 5.91. The third-order valence-corrected chi connectivity index (χ3v) is 2.50. The van der Waals surface area contributed by atoms with Gasteiger partial charge in [0.05, 0.1) is 16.5 Å². The third kappa shape index (κ3) is 2.57. The molecule has 0 saturated carbocycles. The number of para-hydroxylation sites is 1. The SMILES string of the molecule is Cc1nc(CNc2c(Cl)cccc2[N+](=O)[O-])no1. The van der Waals surface area contributed by atoms with Gasteiger partial charge in [-0.2, -0.15) is 4.98 Å². The van der Waals surface area contributed by atoms with Gasteiger partial charge < -0.3 is 9.84 Å². The highest BCUT2D eigenvalue weighted by molar-refractivity contribution is 6.33. The highest BCUT2D eigenvalue weighted by atomic mass is 35.5. The molecule has 0 bridgehead atoms. The number of anilines is 1. The normalized spacial score (nSPS) is 10.3. The molecule has 0 amide bonds. The van der Waals surface area contributed by atoms with E-state index < -0.39 is 4.92 Å². The van der Waals surface area contributed by atoms with Gasteiger partial charge in [-0.1, -0.05) is 22.8 Å². The van der Waals surface area contributed by atoms with E-state index in [1.807, 2.05) is 0 Å². The molecule has 0 unspecified atom stereocenters. The molecule has 0 fully saturated rings. The maximum Gasteiger partial charge on any atom is 0.293 e. The number of aryl methyl sites for hydroxylation is 1. The van der Waals surface area contributed by atoms with Gasteiger partial charge in [-0.25, -0.2) is 0 Å². The number of aromatic nitrogens is 2. The quantitative estimate of drug-likeness (QED) is 0.676. The smallest absolute Gasteiger partial charge is 0.293 e. The predicted octanol–water partition coefficient (Wildman–Crippen LogP) is 2.55. The van der Waals surface area contributed by atoms with Crippen molar-refractivity contribution in [1.82, 2.24) is 10.1 Å². The summed E-state index contributed by atoms with van der Waals surface area (Å²) in [6, 6.07) is 4.46. The van der Waals surface area contributed by atoms with E-state index in [0.717, 1.165) is 0 Å². The fourth-order valence-corrected chi connectivity index (χ4v) is 1.66. The van der Waals surface area contributed by atoms with Crippen LogP contribution in [0, 0.1) is 17.0 Å². The minimum Gasteiger partial charge on any atom is -0.371 e. The predicted molar refractivity (Wildman–Crippen MR) is 64.5 cm³/mol. The van der Waals surface area contributed by atoms with Crippen LogP contribution in [0.4, 0.5) is 11.4 Å². The third-order valence-electron chi connectivity index (χ3n) is 2.18. The lowest BCUT2D eigenvalue weighted by Gasteiger charge is -2.06. The van der Waals surface area contributed by atoms with Gasteiger partial charge in [0.25, 0.3) is 5.69 Å². The zero-order chi connectivity index (χ0) is 13.1. The molecule has 1 heterocycles. The molecule has 0 saturated heterocycles. The van der Waals surface area contributed by atoms with Crippen LogP contribution in [-0.2, 0) is 6.54 Å². The Kier molecular flexibility index (Phi) is 3.42. The highest BCUT2D eigenvalue weighted by Crippen LogP contribution is 2.31. The first kappa shape index (κ1) is 12.3. The first-order valence-corrected chi connectivity index (χ1v) is 5.41. The molecule has 0 radical (unpaired) electrons. The summed E-state index contributed by atoms with van der Waals surface area (Å²) < 4.78 is 4.79. The van der Waals surface area contributed by atoms with Gasteiger partial charge in [0.2, 0.25) is 5.89 Å². The van der Waals surface area contributed by atoms with Crippen LogP contribution in [0.1, 0.15) is 11.7 Å². The number of nitrogens with one attached hydrogen (secondary N) is 1. The lowest BCUT2D eigenvalue weighted by Crippen LogP contribution is -2.04. The van der Waals surface area contributed by atoms with Crippen LogP contribution in [0.25, 0.3) is 0 Å². The molecule has 0 aliphatic heterocycles. The van der Waals surface area contributed by atoms with Crippen molar-refractivity contribution in [1.29, 1.82) is 0 Å². The first-order chi connectivity index (χ1) is 8.58. The van der Waals surface area contributed by atoms with Crippen LogP contribution in [0.5, 0.6) is 0 Å². The summed E-state index contributed by atoms with van der Waals surface area (Å²) in [5.41, 5.74) is 0.148. The molecule has 18 heavy (non-hydrogen) atoms. The van der Waals surface area contributed by atoms with Crippen LogP contribution in [0.2, 0.25) is 5.02 Å². The van der Waals surface area contributed by atoms with Gasteiger partial charge in [0, 0.05) is 13.0 Å². The average Bonchev–Trinajstić information content (AvgIpc) is 2.73. The number of hydrogen-bond donors (Lipinski definition) is 1. The van der Waals surface area contributed by atoms with Crippen LogP contribution >= 0.6 is 11.6 Å². The van der Waals surface area contributed by atoms with Crippen molar-refractivity contribution in [3.05, 3.63) is 45.1 Å². The molecule has 94 valence electrons. The molecule has 0 aliphatic carbocycles. The van der Waals surface area contributed by atoms with Crippen LogP contribution in [-0.4, -0.2) is 15.1 Å². The molecule has 2 rings (SSSR count). The van der Waals surface area contributed by atoms with Crippen molar-refractivity contribution in [3.8, 4) is 0 Å². The number of nitrogens with zero attached hydrogens (tertiary/aromatic N) is 3. The monoisotopic (exact) mass is 268 g/mol. The summed E-state index contributed by atoms with van der Waals surface area (Å²) in [4.78, 5) is 14.3. The summed E-state index contributed by atoms with van der Waals surface area (Å²) in [7, 11) is 0. The standard InChI is InChI=1S/C10H9ClN4O3/c1-6-13-9(14-18-6)5-12-10-7(11)3-2-4-8(10)15(16)17/h2-4,12H,5H2,1H3. The minimum atomic E-state index is -0.504. The van der Waals surface area contributed by atoms with Crippen molar-refractivity contribution in [2.45, 2.75) is 13.5 Å². The maximum absolute atomic E-state index is 10.8. The molecular formula is C10H9ClN4O3. The van der Waals surface area contributed by atoms with Gasteiger partial charge in [0.15, 0.2) is 5.82 Å². The van der Waals surface area contributed by atoms with Gasteiger partial charge in [-0.3, -0.25) is 10.1 Å². The number of rotatable bonds is 4. The fraction of sp³-hybridized carbons (Fsp3) is 0.200. The Morgan fingerprint density at radius 2 is 2.33 bits per heavy atom. The van der Waals surface area contributed by atoms with Gasteiger partial charge in [-0.05, 0) is 6.07 Å². The lowest BCUT2D eigenvalue weighted by molar-refractivity contribution is -0.383. The molecule has 2 aromatic rings. The van der Waals surface area contributed by atoms with E-state index in [1.54, 1.807) is 13.0 Å². The Labute approximate surface area is 107 Å². The zero-order valence-corrected chi connectivity index (χ0v) is 10.1. The van der Waals surface area contributed by atoms with Crippen LogP contribution in [0.15, 0.2) is 22.7 Å². The van der Waals surface area contributed by atoms with Crippen molar-refractivity contribution in [2.24, 2.45) is 0 Å². The first-order valence-electron chi connectivity index (χ1n) is 5.04. The van der Waals surface area contributed by atoms with Crippen molar-refractivity contribution >= 4 is 23.0 Å². The summed E-state index contributed by atoms with van der Waals surface area (Å²) in [5.74, 6) is 0.835. The Morgan fingerprint density at radius 3 is 2.94 bits per heavy atom. The van der Waals surface area contributed by atoms with Crippen molar-refractivity contribution in [2.75, 3.05) is 5.32 Å². The van der Waals surface area contributed by atoms with Gasteiger partial charge >= 0.3 is 0 Å². The topological polar surface area (TPSA) is 94.1 Å². The maximum atomic E-state index is 10.8. The van der Waals surface area contributed by atoms with E-state index in [-0.39, 0.29) is 22.9 Å². The average molecular weight is 269 g/mol. The van der Waals surface area contributed by atoms with Crippen LogP contribution in [0.3, 0.4) is 0 Å². The minimum absolute atomic E-state index is 0.0947. The fourth-order valence-electron chi connectivity index (χ4n) is 1.42. The molecule has 0 atom stereocenters. The summed E-state index contributed by atoms with van der Waals surface area (Å²) in [5, 5.41) is 17.6. The highest BCUT2D eigenvalue weighted by Gasteiger charge is 2.16. The van der Waals surface area contributed by atoms with E-state index in [2.05, 4.69) is 15.5 Å². The van der Waals surface area contributed by atoms with Crippen LogP contribution < -0.4 is 5.32 Å². The Bertz CT molecular complexity index is 584. The molecular weight excluding hydrogens is 260 g/mol. The Morgan fingerprint density at radius 1 is 1.56 bits per heavy atom. The van der Waals surface area contributed by atoms with E-state index in [4.69, 9.17) is 16.1 Å². The molecule has 1 aromatic heterocycles. The molecule has 1 aromatic carbocycles. The lowest BCUT2D eigenvalue weighted by atomic mass is 10.2. The second-order valence-corrected chi connectivity index (χ2v) is 3.88. The summed E-state index contributed by atoms with van der Waals surface area (Å²) in [6.45, 7) is 1.86. The Hall–Kier alpha value is -2.15. The summed E-state index contributed by atoms with van der Waals surface area (Å²) in [6.07, 6.45) is 0. The van der Waals surface area contributed by atoms with Crippen molar-refractivity contribution in [3.63, 3.8) is 0 Å². The Balaban J connectivity index is 2.20. The number of nitro groups is 1. The molecule has 7 nitrogen and oxygen atoms in total. The number of benzene rings is 1. The molecule has 8 heteroatoms. The van der Waals surface area contributed by atoms with E-state index >= 15 is 0 Å². The van der Waals surface area contributed by atoms with Gasteiger partial charge in [0.1, 0.15) is 5.69 Å². The largest absolute Gasteiger partial charge is 0.371 e. The number of nitro benzene ring substituents is 1. The van der Waals surface area contributed by atoms with E-state index in [0.29, 0.717) is 11.7 Å². The molecule has 0 aliphatic rings. The van der Waals surface area contributed by atoms with Crippen molar-refractivity contribution < 1.29 is 9.45 Å². The zero-order valence-electron chi connectivity index (χ0n) is 9.38. The van der Waals surface area contributed by atoms with E-state index in [1.165, 1.54) is 12.1 Å². The molecule has 0 spiro atoms. The number of halogens is 1. The second kappa shape index (κ2) is 5.01. The number of hydrogen-bond acceptors (Lipinski definition) is 6. The second-order valence-electron chi connectivity index (χ2n) is 3.47. The molecule has 1 N–H and O–H groups in total. The van der Waals surface area contributed by atoms with Gasteiger partial charge in [-0.15, -0.1) is 0 Å². The van der Waals surface area contributed by atoms with E-state index in [9.17, 15) is 10.1 Å².